The second-order valence-electron chi connectivity index (χ2n) is 10.1. The first kappa shape index (κ1) is 30.6. The van der Waals surface area contributed by atoms with Gasteiger partial charge in [-0.1, -0.05) is 53.0 Å². The molecular formula is C32H29Cl2N3O5S. The zero-order valence-corrected chi connectivity index (χ0v) is 25.8. The number of sulfonamides is 1. The standard InChI is InChI=1S/C32H29Cl2N3O5S/c1-21-3-13-28(14-4-21)43(40,41)36(19-24-5-9-25(33)17-29(24)34)20-31(38)35-26-10-6-22-15-16-37(30(22)18-26)32(39)23-7-11-27(42-2)12-8-23/h3-14,17-18H,15-16,19-20H2,1-2H3,(H,35,38). The molecule has 1 aliphatic rings. The smallest absolute Gasteiger partial charge is 0.258 e. The Morgan fingerprint density at radius 1 is 0.953 bits per heavy atom. The van der Waals surface area contributed by atoms with Gasteiger partial charge in [-0.25, -0.2) is 8.42 Å². The number of carbonyl (C=O) groups is 2. The molecule has 0 fully saturated rings. The Labute approximate surface area is 260 Å². The number of fused-ring (bicyclic) bond motifs is 1. The molecule has 4 aromatic carbocycles. The van der Waals surface area contributed by atoms with Gasteiger partial charge < -0.3 is 15.0 Å². The molecule has 1 aliphatic heterocycles. The molecule has 0 unspecified atom stereocenters. The summed E-state index contributed by atoms with van der Waals surface area (Å²) in [5, 5.41) is 3.51. The Balaban J connectivity index is 1.37. The lowest BCUT2D eigenvalue weighted by molar-refractivity contribution is -0.116. The number of hydrogen-bond donors (Lipinski definition) is 1. The summed E-state index contributed by atoms with van der Waals surface area (Å²) in [6.45, 7) is 1.74. The highest BCUT2D eigenvalue weighted by atomic mass is 35.5. The van der Waals surface area contributed by atoms with Gasteiger partial charge in [0.1, 0.15) is 5.75 Å². The maximum absolute atomic E-state index is 13.7. The van der Waals surface area contributed by atoms with Gasteiger partial charge in [-0.2, -0.15) is 4.31 Å². The minimum atomic E-state index is -4.08. The predicted octanol–water partition coefficient (Wildman–Crippen LogP) is 6.34. The Bertz CT molecular complexity index is 1780. The summed E-state index contributed by atoms with van der Waals surface area (Å²) >= 11 is 12.4. The monoisotopic (exact) mass is 637 g/mol. The first-order valence-corrected chi connectivity index (χ1v) is 15.6. The van der Waals surface area contributed by atoms with E-state index in [-0.39, 0.29) is 22.4 Å². The number of anilines is 2. The third kappa shape index (κ3) is 6.86. The van der Waals surface area contributed by atoms with Gasteiger partial charge in [-0.05, 0) is 85.1 Å². The Kier molecular flexibility index (Phi) is 9.08. The molecule has 43 heavy (non-hydrogen) atoms. The summed E-state index contributed by atoms with van der Waals surface area (Å²) < 4.78 is 33.6. The lowest BCUT2D eigenvalue weighted by Crippen LogP contribution is -2.37. The summed E-state index contributed by atoms with van der Waals surface area (Å²) in [4.78, 5) is 28.3. The lowest BCUT2D eigenvalue weighted by Gasteiger charge is -2.23. The van der Waals surface area contributed by atoms with Gasteiger partial charge in [0.05, 0.1) is 18.6 Å². The number of methoxy groups -OCH3 is 1. The van der Waals surface area contributed by atoms with Crippen LogP contribution in [0.4, 0.5) is 11.4 Å². The summed E-state index contributed by atoms with van der Waals surface area (Å²) in [5.74, 6) is -0.0630. The van der Waals surface area contributed by atoms with Crippen molar-refractivity contribution in [3.8, 4) is 5.75 Å². The topological polar surface area (TPSA) is 96.0 Å². The van der Waals surface area contributed by atoms with Crippen LogP contribution in [0.2, 0.25) is 10.0 Å². The molecule has 4 aromatic rings. The van der Waals surface area contributed by atoms with Crippen LogP contribution in [0.15, 0.2) is 89.8 Å². The minimum Gasteiger partial charge on any atom is -0.497 e. The molecule has 0 saturated heterocycles. The van der Waals surface area contributed by atoms with E-state index in [1.54, 1.807) is 72.7 Å². The van der Waals surface area contributed by atoms with E-state index in [1.165, 1.54) is 18.2 Å². The number of hydrogen-bond acceptors (Lipinski definition) is 5. The largest absolute Gasteiger partial charge is 0.497 e. The molecule has 1 heterocycles. The Morgan fingerprint density at radius 2 is 1.67 bits per heavy atom. The van der Waals surface area contributed by atoms with Crippen LogP contribution in [0.25, 0.3) is 0 Å². The third-order valence-electron chi connectivity index (χ3n) is 7.19. The molecule has 0 atom stereocenters. The maximum Gasteiger partial charge on any atom is 0.258 e. The number of amides is 2. The molecule has 0 radical (unpaired) electrons. The van der Waals surface area contributed by atoms with E-state index in [1.807, 2.05) is 13.0 Å². The van der Waals surface area contributed by atoms with Crippen LogP contribution in [0.3, 0.4) is 0 Å². The van der Waals surface area contributed by atoms with E-state index < -0.39 is 22.5 Å². The average Bonchev–Trinajstić information content (AvgIpc) is 3.41. The van der Waals surface area contributed by atoms with E-state index >= 15 is 0 Å². The fourth-order valence-electron chi connectivity index (χ4n) is 4.84. The van der Waals surface area contributed by atoms with Crippen LogP contribution in [-0.4, -0.2) is 44.7 Å². The van der Waals surface area contributed by atoms with Gasteiger partial charge in [0.25, 0.3) is 5.91 Å². The zero-order chi connectivity index (χ0) is 30.7. The molecule has 5 rings (SSSR count). The number of nitrogens with zero attached hydrogens (tertiary/aromatic N) is 2. The summed E-state index contributed by atoms with van der Waals surface area (Å²) in [6.07, 6.45) is 0.676. The van der Waals surface area contributed by atoms with Crippen molar-refractivity contribution in [3.05, 3.63) is 117 Å². The average molecular weight is 639 g/mol. The van der Waals surface area contributed by atoms with Crippen molar-refractivity contribution in [2.45, 2.75) is 24.8 Å². The van der Waals surface area contributed by atoms with Crippen molar-refractivity contribution in [1.29, 1.82) is 0 Å². The van der Waals surface area contributed by atoms with Crippen molar-refractivity contribution in [2.24, 2.45) is 0 Å². The molecule has 0 aliphatic carbocycles. The molecule has 8 nitrogen and oxygen atoms in total. The van der Waals surface area contributed by atoms with E-state index in [4.69, 9.17) is 27.9 Å². The van der Waals surface area contributed by atoms with Crippen molar-refractivity contribution >= 4 is 56.4 Å². The number of ether oxygens (including phenoxy) is 1. The van der Waals surface area contributed by atoms with Gasteiger partial charge in [0.2, 0.25) is 15.9 Å². The van der Waals surface area contributed by atoms with Crippen LogP contribution in [0.5, 0.6) is 5.75 Å². The Hall–Kier alpha value is -3.89. The summed E-state index contributed by atoms with van der Waals surface area (Å²) in [7, 11) is -2.51. The van der Waals surface area contributed by atoms with E-state index in [0.717, 1.165) is 15.4 Å². The fraction of sp³-hybridized carbons (Fsp3) is 0.188. The minimum absolute atomic E-state index is 0.0567. The maximum atomic E-state index is 13.7. The number of halogens is 2. The van der Waals surface area contributed by atoms with Crippen LogP contribution < -0.4 is 15.0 Å². The van der Waals surface area contributed by atoms with Crippen molar-refractivity contribution in [1.82, 2.24) is 4.31 Å². The summed E-state index contributed by atoms with van der Waals surface area (Å²) in [5.41, 5.74) is 4.02. The van der Waals surface area contributed by atoms with Crippen LogP contribution in [-0.2, 0) is 27.8 Å². The molecule has 0 bridgehead atoms. The summed E-state index contributed by atoms with van der Waals surface area (Å²) in [6, 6.07) is 23.4. The van der Waals surface area contributed by atoms with E-state index in [9.17, 15) is 18.0 Å². The van der Waals surface area contributed by atoms with Gasteiger partial charge >= 0.3 is 0 Å². The number of rotatable bonds is 9. The molecular weight excluding hydrogens is 609 g/mol. The highest BCUT2D eigenvalue weighted by Crippen LogP contribution is 2.33. The number of nitrogens with one attached hydrogen (secondary N) is 1. The van der Waals surface area contributed by atoms with Crippen molar-refractivity contribution in [3.63, 3.8) is 0 Å². The molecule has 1 N–H and O–H groups in total. The first-order valence-electron chi connectivity index (χ1n) is 13.4. The van der Waals surface area contributed by atoms with Crippen molar-refractivity contribution < 1.29 is 22.7 Å². The predicted molar refractivity (Wildman–Crippen MR) is 169 cm³/mol. The van der Waals surface area contributed by atoms with Crippen LogP contribution in [0.1, 0.15) is 27.0 Å². The van der Waals surface area contributed by atoms with Crippen LogP contribution >= 0.6 is 23.2 Å². The highest BCUT2D eigenvalue weighted by Gasteiger charge is 2.29. The molecule has 2 amide bonds. The number of carbonyl (C=O) groups excluding carboxylic acids is 2. The molecule has 11 heteroatoms. The third-order valence-corrected chi connectivity index (χ3v) is 9.58. The first-order chi connectivity index (χ1) is 20.5. The Morgan fingerprint density at radius 3 is 2.35 bits per heavy atom. The van der Waals surface area contributed by atoms with Crippen LogP contribution in [0, 0.1) is 6.92 Å². The number of aryl methyl sites for hydroxylation is 1. The molecule has 0 aromatic heterocycles. The van der Waals surface area contributed by atoms with Gasteiger partial charge in [0.15, 0.2) is 0 Å². The molecule has 222 valence electrons. The SMILES string of the molecule is COc1ccc(C(=O)N2CCc3ccc(NC(=O)CN(Cc4ccc(Cl)cc4Cl)S(=O)(=O)c4ccc(C)cc4)cc32)cc1. The highest BCUT2D eigenvalue weighted by molar-refractivity contribution is 7.89. The normalized spacial score (nSPS) is 12.7. The van der Waals surface area contributed by atoms with Gasteiger partial charge in [0, 0.05) is 40.1 Å². The quantitative estimate of drug-likeness (QED) is 0.231. The van der Waals surface area contributed by atoms with Crippen molar-refractivity contribution in [2.75, 3.05) is 30.4 Å². The van der Waals surface area contributed by atoms with Gasteiger partial charge in [-0.3, -0.25) is 9.59 Å². The van der Waals surface area contributed by atoms with E-state index in [2.05, 4.69) is 5.32 Å². The van der Waals surface area contributed by atoms with Gasteiger partial charge in [-0.15, -0.1) is 0 Å². The second-order valence-corrected chi connectivity index (χ2v) is 12.9. The molecule has 0 saturated carbocycles. The fourth-order valence-corrected chi connectivity index (χ4v) is 6.69. The lowest BCUT2D eigenvalue weighted by atomic mass is 10.1. The second kappa shape index (κ2) is 12.8. The zero-order valence-electron chi connectivity index (χ0n) is 23.5. The van der Waals surface area contributed by atoms with E-state index in [0.29, 0.717) is 46.2 Å². The number of benzene rings is 4. The molecule has 0 spiro atoms.